The summed E-state index contributed by atoms with van der Waals surface area (Å²) in [5, 5.41) is 2.84. The molecule has 2 aromatic carbocycles. The molecule has 0 heterocycles. The molecule has 0 saturated carbocycles. The Morgan fingerprint density at radius 2 is 1.91 bits per heavy atom. The van der Waals surface area contributed by atoms with Crippen LogP contribution in [0.4, 0.5) is 10.1 Å². The molecule has 0 aliphatic carbocycles. The van der Waals surface area contributed by atoms with Gasteiger partial charge in [0, 0.05) is 17.8 Å². The first-order valence-corrected chi connectivity index (χ1v) is 7.35. The molecule has 122 valence electrons. The number of halogens is 1. The lowest BCUT2D eigenvalue weighted by molar-refractivity contribution is -0.117. The lowest BCUT2D eigenvalue weighted by atomic mass is 10.2. The fourth-order valence-corrected chi connectivity index (χ4v) is 2.30. The number of methoxy groups -OCH3 is 1. The van der Waals surface area contributed by atoms with Gasteiger partial charge in [0.1, 0.15) is 11.6 Å². The number of aryl methyl sites for hydroxylation is 1. The number of benzene rings is 2. The average Bonchev–Trinajstić information content (AvgIpc) is 2.49. The number of hydrogen-bond donors (Lipinski definition) is 1. The first-order chi connectivity index (χ1) is 11.0. The minimum atomic E-state index is -0.321. The van der Waals surface area contributed by atoms with Crippen LogP contribution in [0.1, 0.15) is 11.1 Å². The second-order valence-corrected chi connectivity index (χ2v) is 5.54. The van der Waals surface area contributed by atoms with Crippen LogP contribution in [-0.4, -0.2) is 31.5 Å². The van der Waals surface area contributed by atoms with Gasteiger partial charge in [0.2, 0.25) is 5.91 Å². The largest absolute Gasteiger partial charge is 0.496 e. The van der Waals surface area contributed by atoms with E-state index in [1.54, 1.807) is 25.1 Å². The molecule has 2 aromatic rings. The van der Waals surface area contributed by atoms with Crippen LogP contribution in [0.2, 0.25) is 0 Å². The van der Waals surface area contributed by atoms with Crippen molar-refractivity contribution in [2.75, 3.05) is 26.0 Å². The van der Waals surface area contributed by atoms with Gasteiger partial charge in [-0.3, -0.25) is 9.69 Å². The van der Waals surface area contributed by atoms with Crippen molar-refractivity contribution < 1.29 is 13.9 Å². The molecule has 0 aliphatic rings. The topological polar surface area (TPSA) is 41.6 Å². The lowest BCUT2D eigenvalue weighted by Gasteiger charge is -2.18. The summed E-state index contributed by atoms with van der Waals surface area (Å²) < 4.78 is 18.6. The van der Waals surface area contributed by atoms with Crippen molar-refractivity contribution in [1.29, 1.82) is 0 Å². The number of ether oxygens (including phenoxy) is 1. The Balaban J connectivity index is 1.93. The average molecular weight is 316 g/mol. The van der Waals surface area contributed by atoms with Gasteiger partial charge in [0.15, 0.2) is 0 Å². The first kappa shape index (κ1) is 17.0. The van der Waals surface area contributed by atoms with Crippen LogP contribution in [0.3, 0.4) is 0 Å². The maximum Gasteiger partial charge on any atom is 0.238 e. The smallest absolute Gasteiger partial charge is 0.238 e. The van der Waals surface area contributed by atoms with Gasteiger partial charge in [0.05, 0.1) is 13.7 Å². The quantitative estimate of drug-likeness (QED) is 0.890. The van der Waals surface area contributed by atoms with Crippen molar-refractivity contribution in [3.05, 3.63) is 59.4 Å². The van der Waals surface area contributed by atoms with Crippen molar-refractivity contribution in [2.45, 2.75) is 13.5 Å². The van der Waals surface area contributed by atoms with Gasteiger partial charge in [0.25, 0.3) is 0 Å². The Morgan fingerprint density at radius 3 is 2.57 bits per heavy atom. The number of nitrogens with zero attached hydrogens (tertiary/aromatic N) is 1. The zero-order valence-electron chi connectivity index (χ0n) is 13.6. The Labute approximate surface area is 135 Å². The van der Waals surface area contributed by atoms with Crippen LogP contribution in [-0.2, 0) is 11.3 Å². The minimum absolute atomic E-state index is 0.119. The number of hydrogen-bond acceptors (Lipinski definition) is 3. The van der Waals surface area contributed by atoms with Gasteiger partial charge in [-0.25, -0.2) is 4.39 Å². The van der Waals surface area contributed by atoms with E-state index in [0.717, 1.165) is 11.3 Å². The van der Waals surface area contributed by atoms with Crippen molar-refractivity contribution in [1.82, 2.24) is 4.90 Å². The predicted molar refractivity (Wildman–Crippen MR) is 89.1 cm³/mol. The third kappa shape index (κ3) is 5.07. The van der Waals surface area contributed by atoms with Gasteiger partial charge >= 0.3 is 0 Å². The zero-order valence-corrected chi connectivity index (χ0v) is 13.6. The lowest BCUT2D eigenvalue weighted by Crippen LogP contribution is -2.30. The van der Waals surface area contributed by atoms with Crippen molar-refractivity contribution in [2.24, 2.45) is 0 Å². The summed E-state index contributed by atoms with van der Waals surface area (Å²) in [4.78, 5) is 13.9. The first-order valence-electron chi connectivity index (χ1n) is 7.35. The minimum Gasteiger partial charge on any atom is -0.496 e. The summed E-state index contributed by atoms with van der Waals surface area (Å²) in [6, 6.07) is 12.0. The SMILES string of the molecule is COc1ccc(F)cc1CN(C)CC(=O)Nc1ccc(C)cc1. The molecule has 0 unspecified atom stereocenters. The molecule has 2 rings (SSSR count). The van der Waals surface area contributed by atoms with E-state index in [4.69, 9.17) is 4.74 Å². The molecule has 0 spiro atoms. The Bertz CT molecular complexity index is 671. The monoisotopic (exact) mass is 316 g/mol. The van der Waals surface area contributed by atoms with Crippen LogP contribution in [0.15, 0.2) is 42.5 Å². The van der Waals surface area contributed by atoms with Gasteiger partial charge in [-0.1, -0.05) is 17.7 Å². The Morgan fingerprint density at radius 1 is 1.22 bits per heavy atom. The fourth-order valence-electron chi connectivity index (χ4n) is 2.30. The van der Waals surface area contributed by atoms with Crippen molar-refractivity contribution in [3.8, 4) is 5.75 Å². The molecule has 4 nitrogen and oxygen atoms in total. The molecule has 0 fully saturated rings. The molecule has 0 bridgehead atoms. The maximum atomic E-state index is 13.4. The van der Waals surface area contributed by atoms with Crippen molar-refractivity contribution >= 4 is 11.6 Å². The van der Waals surface area contributed by atoms with Gasteiger partial charge in [-0.05, 0) is 44.3 Å². The van der Waals surface area contributed by atoms with Crippen LogP contribution < -0.4 is 10.1 Å². The van der Waals surface area contributed by atoms with E-state index in [0.29, 0.717) is 17.9 Å². The summed E-state index contributed by atoms with van der Waals surface area (Å²) in [5.41, 5.74) is 2.61. The zero-order chi connectivity index (χ0) is 16.8. The van der Waals surface area contributed by atoms with E-state index >= 15 is 0 Å². The molecular formula is C18H21FN2O2. The third-order valence-corrected chi connectivity index (χ3v) is 3.43. The Kier molecular flexibility index (Phi) is 5.71. The number of likely N-dealkylation sites (N-methyl/N-ethyl adjacent to an activating group) is 1. The molecule has 0 aromatic heterocycles. The van der Waals surface area contributed by atoms with Gasteiger partial charge in [-0.15, -0.1) is 0 Å². The molecular weight excluding hydrogens is 295 g/mol. The van der Waals surface area contributed by atoms with Crippen LogP contribution in [0, 0.1) is 12.7 Å². The Hall–Kier alpha value is -2.40. The summed E-state index contributed by atoms with van der Waals surface area (Å²) in [6.45, 7) is 2.61. The number of anilines is 1. The second-order valence-electron chi connectivity index (χ2n) is 5.54. The highest BCUT2D eigenvalue weighted by atomic mass is 19.1. The predicted octanol–water partition coefficient (Wildman–Crippen LogP) is 3.21. The number of carbonyl (C=O) groups is 1. The summed E-state index contributed by atoms with van der Waals surface area (Å²) in [6.07, 6.45) is 0. The van der Waals surface area contributed by atoms with Gasteiger partial charge < -0.3 is 10.1 Å². The third-order valence-electron chi connectivity index (χ3n) is 3.43. The normalized spacial score (nSPS) is 10.7. The maximum absolute atomic E-state index is 13.4. The molecule has 0 radical (unpaired) electrons. The van der Waals surface area contributed by atoms with E-state index in [9.17, 15) is 9.18 Å². The summed E-state index contributed by atoms with van der Waals surface area (Å²) >= 11 is 0. The number of carbonyl (C=O) groups excluding carboxylic acids is 1. The molecule has 0 saturated heterocycles. The number of amides is 1. The fraction of sp³-hybridized carbons (Fsp3) is 0.278. The second kappa shape index (κ2) is 7.74. The van der Waals surface area contributed by atoms with Crippen LogP contribution in [0.25, 0.3) is 0 Å². The molecule has 1 N–H and O–H groups in total. The highest BCUT2D eigenvalue weighted by Crippen LogP contribution is 2.20. The van der Waals surface area contributed by atoms with E-state index < -0.39 is 0 Å². The number of rotatable bonds is 6. The number of nitrogens with one attached hydrogen (secondary N) is 1. The summed E-state index contributed by atoms with van der Waals surface area (Å²) in [7, 11) is 3.35. The van der Waals surface area contributed by atoms with Gasteiger partial charge in [-0.2, -0.15) is 0 Å². The molecule has 23 heavy (non-hydrogen) atoms. The van der Waals surface area contributed by atoms with E-state index in [1.165, 1.54) is 12.1 Å². The van der Waals surface area contributed by atoms with E-state index in [-0.39, 0.29) is 18.3 Å². The van der Waals surface area contributed by atoms with Crippen LogP contribution in [0.5, 0.6) is 5.75 Å². The highest BCUT2D eigenvalue weighted by Gasteiger charge is 2.11. The summed E-state index contributed by atoms with van der Waals surface area (Å²) in [5.74, 6) is 0.169. The van der Waals surface area contributed by atoms with E-state index in [1.807, 2.05) is 31.2 Å². The standard InChI is InChI=1S/C18H21FN2O2/c1-13-4-7-16(8-5-13)20-18(22)12-21(2)11-14-10-15(19)6-9-17(14)23-3/h4-10H,11-12H2,1-3H3,(H,20,22). The molecule has 5 heteroatoms. The molecule has 0 aliphatic heterocycles. The molecule has 1 amide bonds. The molecule has 0 atom stereocenters. The van der Waals surface area contributed by atoms with Crippen LogP contribution >= 0.6 is 0 Å². The highest BCUT2D eigenvalue weighted by molar-refractivity contribution is 5.92. The van der Waals surface area contributed by atoms with E-state index in [2.05, 4.69) is 5.32 Å². The van der Waals surface area contributed by atoms with Crippen molar-refractivity contribution in [3.63, 3.8) is 0 Å².